The molecule has 1 saturated heterocycles. The average Bonchev–Trinajstić information content (AvgIpc) is 2.40. The largest absolute Gasteiger partial charge is 0.352 e. The first-order valence-corrected chi connectivity index (χ1v) is 7.22. The van der Waals surface area contributed by atoms with Gasteiger partial charge in [0.2, 0.25) is 5.91 Å². The predicted octanol–water partition coefficient (Wildman–Crippen LogP) is 2.36. The Labute approximate surface area is 115 Å². The molecule has 0 spiro atoms. The third-order valence-electron chi connectivity index (χ3n) is 3.87. The minimum Gasteiger partial charge on any atom is -0.352 e. The number of piperidine rings is 1. The van der Waals surface area contributed by atoms with Crippen LogP contribution in [0.15, 0.2) is 24.3 Å². The van der Waals surface area contributed by atoms with E-state index in [9.17, 15) is 4.79 Å². The van der Waals surface area contributed by atoms with Crippen molar-refractivity contribution in [2.45, 2.75) is 45.1 Å². The molecule has 0 aliphatic carbocycles. The number of benzene rings is 1. The van der Waals surface area contributed by atoms with Crippen molar-refractivity contribution in [3.05, 3.63) is 35.4 Å². The van der Waals surface area contributed by atoms with E-state index in [4.69, 9.17) is 0 Å². The molecule has 3 heteroatoms. The van der Waals surface area contributed by atoms with Crippen LogP contribution in [0.1, 0.15) is 43.2 Å². The van der Waals surface area contributed by atoms with E-state index in [1.54, 1.807) is 0 Å². The minimum atomic E-state index is 0.171. The lowest BCUT2D eigenvalue weighted by molar-refractivity contribution is -0.122. The molecule has 1 aliphatic rings. The van der Waals surface area contributed by atoms with Gasteiger partial charge in [0.1, 0.15) is 0 Å². The summed E-state index contributed by atoms with van der Waals surface area (Å²) in [5.74, 6) is 0.446. The molecule has 2 N–H and O–H groups in total. The van der Waals surface area contributed by atoms with Crippen LogP contribution in [0, 0.1) is 6.92 Å². The maximum atomic E-state index is 12.1. The Morgan fingerprint density at radius 2 is 2.26 bits per heavy atom. The zero-order chi connectivity index (χ0) is 13.7. The van der Waals surface area contributed by atoms with Crippen LogP contribution in [0.25, 0.3) is 0 Å². The summed E-state index contributed by atoms with van der Waals surface area (Å²) in [6.45, 7) is 6.21. The summed E-state index contributed by atoms with van der Waals surface area (Å²) in [5, 5.41) is 6.46. The van der Waals surface area contributed by atoms with E-state index in [2.05, 4.69) is 36.6 Å². The number of aryl methyl sites for hydroxylation is 1. The molecule has 2 rings (SSSR count). The molecule has 1 fully saturated rings. The molecule has 0 radical (unpaired) electrons. The number of carbonyl (C=O) groups excluding carboxylic acids is 1. The minimum absolute atomic E-state index is 0.171. The number of carbonyl (C=O) groups is 1. The number of nitrogens with one attached hydrogen (secondary N) is 2. The lowest BCUT2D eigenvalue weighted by Gasteiger charge is -2.24. The Balaban J connectivity index is 1.86. The predicted molar refractivity (Wildman–Crippen MR) is 78.2 cm³/mol. The average molecular weight is 260 g/mol. The Bertz CT molecular complexity index is 425. The first kappa shape index (κ1) is 14.1. The van der Waals surface area contributed by atoms with E-state index in [0.29, 0.717) is 12.5 Å². The molecule has 2 unspecified atom stereocenters. The summed E-state index contributed by atoms with van der Waals surface area (Å²) >= 11 is 0. The first-order chi connectivity index (χ1) is 9.16. The molecule has 0 bridgehead atoms. The Kier molecular flexibility index (Phi) is 4.97. The molecule has 104 valence electrons. The molecule has 1 amide bonds. The molecular weight excluding hydrogens is 236 g/mol. The summed E-state index contributed by atoms with van der Waals surface area (Å²) in [7, 11) is 0. The number of hydrogen-bond donors (Lipinski definition) is 2. The van der Waals surface area contributed by atoms with Gasteiger partial charge >= 0.3 is 0 Å². The highest BCUT2D eigenvalue weighted by Gasteiger charge is 2.18. The molecule has 1 heterocycles. The Morgan fingerprint density at radius 1 is 1.47 bits per heavy atom. The highest BCUT2D eigenvalue weighted by atomic mass is 16.1. The molecule has 1 aliphatic heterocycles. The molecule has 0 aromatic heterocycles. The van der Waals surface area contributed by atoms with Crippen molar-refractivity contribution in [3.8, 4) is 0 Å². The summed E-state index contributed by atoms with van der Waals surface area (Å²) in [4.78, 5) is 12.1. The highest BCUT2D eigenvalue weighted by Crippen LogP contribution is 2.22. The van der Waals surface area contributed by atoms with Gasteiger partial charge in [-0.05, 0) is 43.4 Å². The van der Waals surface area contributed by atoms with Gasteiger partial charge < -0.3 is 10.6 Å². The maximum Gasteiger partial charge on any atom is 0.220 e. The normalized spacial score (nSPS) is 20.8. The van der Waals surface area contributed by atoms with Crippen LogP contribution in [0.4, 0.5) is 0 Å². The third-order valence-corrected chi connectivity index (χ3v) is 3.87. The second-order valence-electron chi connectivity index (χ2n) is 5.57. The summed E-state index contributed by atoms with van der Waals surface area (Å²) in [5.41, 5.74) is 2.54. The van der Waals surface area contributed by atoms with Crippen molar-refractivity contribution < 1.29 is 4.79 Å². The van der Waals surface area contributed by atoms with Crippen LogP contribution in [-0.2, 0) is 4.79 Å². The number of hydrogen-bond acceptors (Lipinski definition) is 2. The number of rotatable bonds is 4. The smallest absolute Gasteiger partial charge is 0.220 e. The fourth-order valence-corrected chi connectivity index (χ4v) is 2.79. The van der Waals surface area contributed by atoms with Gasteiger partial charge in [0.25, 0.3) is 0 Å². The van der Waals surface area contributed by atoms with E-state index >= 15 is 0 Å². The molecule has 3 nitrogen and oxygen atoms in total. The van der Waals surface area contributed by atoms with Crippen molar-refractivity contribution in [3.63, 3.8) is 0 Å². The molecular formula is C16H24N2O. The van der Waals surface area contributed by atoms with E-state index in [1.165, 1.54) is 11.1 Å². The van der Waals surface area contributed by atoms with Crippen molar-refractivity contribution in [1.82, 2.24) is 10.6 Å². The summed E-state index contributed by atoms with van der Waals surface area (Å²) in [6.07, 6.45) is 2.82. The lowest BCUT2D eigenvalue weighted by Crippen LogP contribution is -2.45. The molecule has 19 heavy (non-hydrogen) atoms. The van der Waals surface area contributed by atoms with Crippen LogP contribution in [-0.4, -0.2) is 25.0 Å². The van der Waals surface area contributed by atoms with E-state index in [1.807, 2.05) is 12.1 Å². The van der Waals surface area contributed by atoms with E-state index in [0.717, 1.165) is 25.9 Å². The zero-order valence-electron chi connectivity index (χ0n) is 11.9. The Hall–Kier alpha value is -1.35. The second-order valence-corrected chi connectivity index (χ2v) is 5.57. The first-order valence-electron chi connectivity index (χ1n) is 7.22. The van der Waals surface area contributed by atoms with Crippen molar-refractivity contribution in [2.75, 3.05) is 13.1 Å². The standard InChI is InChI=1S/C16H24N2O/c1-12-6-3-4-8-15(12)13(2)10-16(19)18-14-7-5-9-17-11-14/h3-4,6,8,13-14,17H,5,7,9-11H2,1-2H3,(H,18,19). The topological polar surface area (TPSA) is 41.1 Å². The van der Waals surface area contributed by atoms with Crippen LogP contribution in [0.5, 0.6) is 0 Å². The van der Waals surface area contributed by atoms with Crippen molar-refractivity contribution >= 4 is 5.91 Å². The van der Waals surface area contributed by atoms with Crippen molar-refractivity contribution in [1.29, 1.82) is 0 Å². The van der Waals surface area contributed by atoms with Crippen LogP contribution in [0.3, 0.4) is 0 Å². The molecule has 2 atom stereocenters. The van der Waals surface area contributed by atoms with Crippen LogP contribution < -0.4 is 10.6 Å². The van der Waals surface area contributed by atoms with E-state index in [-0.39, 0.29) is 11.8 Å². The van der Waals surface area contributed by atoms with Crippen molar-refractivity contribution in [2.24, 2.45) is 0 Å². The SMILES string of the molecule is Cc1ccccc1C(C)CC(=O)NC1CCCNC1. The fraction of sp³-hybridized carbons (Fsp3) is 0.562. The van der Waals surface area contributed by atoms with Gasteiger partial charge in [-0.25, -0.2) is 0 Å². The monoisotopic (exact) mass is 260 g/mol. The van der Waals surface area contributed by atoms with Gasteiger partial charge in [0, 0.05) is 19.0 Å². The van der Waals surface area contributed by atoms with Gasteiger partial charge in [-0.3, -0.25) is 4.79 Å². The second kappa shape index (κ2) is 6.71. The van der Waals surface area contributed by atoms with E-state index < -0.39 is 0 Å². The zero-order valence-corrected chi connectivity index (χ0v) is 11.9. The van der Waals surface area contributed by atoms with Crippen LogP contribution in [0.2, 0.25) is 0 Å². The fourth-order valence-electron chi connectivity index (χ4n) is 2.79. The quantitative estimate of drug-likeness (QED) is 0.872. The maximum absolute atomic E-state index is 12.1. The molecule has 1 aromatic rings. The Morgan fingerprint density at radius 3 is 2.95 bits per heavy atom. The molecule has 0 saturated carbocycles. The number of amides is 1. The third kappa shape index (κ3) is 4.06. The molecule has 1 aromatic carbocycles. The van der Waals surface area contributed by atoms with Gasteiger partial charge in [-0.15, -0.1) is 0 Å². The highest BCUT2D eigenvalue weighted by molar-refractivity contribution is 5.77. The van der Waals surface area contributed by atoms with Gasteiger partial charge in [0.15, 0.2) is 0 Å². The van der Waals surface area contributed by atoms with Crippen LogP contribution >= 0.6 is 0 Å². The van der Waals surface area contributed by atoms with Gasteiger partial charge in [-0.1, -0.05) is 31.2 Å². The van der Waals surface area contributed by atoms with Gasteiger partial charge in [-0.2, -0.15) is 0 Å². The summed E-state index contributed by atoms with van der Waals surface area (Å²) < 4.78 is 0. The summed E-state index contributed by atoms with van der Waals surface area (Å²) in [6, 6.07) is 8.62. The van der Waals surface area contributed by atoms with Gasteiger partial charge in [0.05, 0.1) is 0 Å². The lowest BCUT2D eigenvalue weighted by atomic mass is 9.93.